The molecule has 5 nitrogen and oxygen atoms in total. The Labute approximate surface area is 146 Å². The Bertz CT molecular complexity index is 742. The smallest absolute Gasteiger partial charge is 0.308 e. The predicted molar refractivity (Wildman–Crippen MR) is 93.3 cm³/mol. The maximum Gasteiger partial charge on any atom is 0.308 e. The van der Waals surface area contributed by atoms with Gasteiger partial charge in [-0.25, -0.2) is 0 Å². The monoisotopic (exact) mass is 339 g/mol. The van der Waals surface area contributed by atoms with Crippen molar-refractivity contribution < 1.29 is 19.4 Å². The van der Waals surface area contributed by atoms with Crippen molar-refractivity contribution in [2.75, 3.05) is 13.7 Å². The molecule has 2 atom stereocenters. The average Bonchev–Trinajstić information content (AvgIpc) is 2.64. The highest BCUT2D eigenvalue weighted by Gasteiger charge is 2.39. The number of amides is 1. The Kier molecular flexibility index (Phi) is 5.03. The third-order valence-corrected chi connectivity index (χ3v) is 4.73. The summed E-state index contributed by atoms with van der Waals surface area (Å²) in [5.74, 6) is -1.10. The Balaban J connectivity index is 1.80. The lowest BCUT2D eigenvalue weighted by molar-refractivity contribution is -0.149. The molecule has 0 unspecified atom stereocenters. The van der Waals surface area contributed by atoms with Gasteiger partial charge < -0.3 is 14.7 Å². The first-order valence-electron chi connectivity index (χ1n) is 8.27. The van der Waals surface area contributed by atoms with E-state index in [0.29, 0.717) is 12.3 Å². The van der Waals surface area contributed by atoms with Crippen molar-refractivity contribution in [2.24, 2.45) is 5.92 Å². The lowest BCUT2D eigenvalue weighted by Crippen LogP contribution is -2.45. The summed E-state index contributed by atoms with van der Waals surface area (Å²) in [6.07, 6.45) is 0.204. The van der Waals surface area contributed by atoms with Gasteiger partial charge in [0.2, 0.25) is 5.91 Å². The van der Waals surface area contributed by atoms with Gasteiger partial charge in [0.15, 0.2) is 0 Å². The quantitative estimate of drug-likeness (QED) is 0.909. The van der Waals surface area contributed by atoms with Crippen LogP contribution in [0.15, 0.2) is 54.6 Å². The number of piperidine rings is 1. The SMILES string of the molecule is COc1ccc([C@H]2CC(=O)N(Cc3ccccc3)C[C@@H]2C(=O)O)cc1. The van der Waals surface area contributed by atoms with Crippen LogP contribution < -0.4 is 4.74 Å². The summed E-state index contributed by atoms with van der Waals surface area (Å²) in [4.78, 5) is 26.0. The van der Waals surface area contributed by atoms with Crippen LogP contribution in [0.2, 0.25) is 0 Å². The zero-order valence-electron chi connectivity index (χ0n) is 14.1. The van der Waals surface area contributed by atoms with Crippen LogP contribution in [0.3, 0.4) is 0 Å². The number of carboxylic acid groups (broad SMARTS) is 1. The normalized spacial score (nSPS) is 20.4. The van der Waals surface area contributed by atoms with E-state index in [9.17, 15) is 14.7 Å². The van der Waals surface area contributed by atoms with E-state index in [-0.39, 0.29) is 24.8 Å². The van der Waals surface area contributed by atoms with Crippen molar-refractivity contribution in [3.8, 4) is 5.75 Å². The molecule has 1 saturated heterocycles. The molecule has 2 aromatic carbocycles. The first-order valence-corrected chi connectivity index (χ1v) is 8.27. The number of likely N-dealkylation sites (tertiary alicyclic amines) is 1. The van der Waals surface area contributed by atoms with Crippen molar-refractivity contribution in [3.05, 3.63) is 65.7 Å². The first kappa shape index (κ1) is 17.0. The largest absolute Gasteiger partial charge is 0.497 e. The molecule has 0 aromatic heterocycles. The summed E-state index contributed by atoms with van der Waals surface area (Å²) in [6.45, 7) is 0.665. The topological polar surface area (TPSA) is 66.8 Å². The summed E-state index contributed by atoms with van der Waals surface area (Å²) in [7, 11) is 1.58. The molecule has 0 saturated carbocycles. The van der Waals surface area contributed by atoms with Gasteiger partial charge in [-0.2, -0.15) is 0 Å². The van der Waals surface area contributed by atoms with E-state index in [1.54, 1.807) is 24.1 Å². The highest BCUT2D eigenvalue weighted by molar-refractivity contribution is 5.82. The standard InChI is InChI=1S/C20H21NO4/c1-25-16-9-7-15(8-10-16)17-11-19(22)21(13-18(17)20(23)24)12-14-5-3-2-4-6-14/h2-10,17-18H,11-13H2,1H3,(H,23,24)/t17-,18+/m1/s1. The molecule has 1 N–H and O–H groups in total. The van der Waals surface area contributed by atoms with E-state index in [1.807, 2.05) is 42.5 Å². The number of methoxy groups -OCH3 is 1. The molecule has 0 spiro atoms. The molecule has 0 radical (unpaired) electrons. The Morgan fingerprint density at radius 2 is 1.84 bits per heavy atom. The molecule has 5 heteroatoms. The van der Waals surface area contributed by atoms with Gasteiger partial charge in [-0.3, -0.25) is 9.59 Å². The minimum absolute atomic E-state index is 0.0119. The molecule has 1 heterocycles. The van der Waals surface area contributed by atoms with E-state index in [2.05, 4.69) is 0 Å². The van der Waals surface area contributed by atoms with Crippen molar-refractivity contribution in [1.82, 2.24) is 4.90 Å². The van der Waals surface area contributed by atoms with Gasteiger partial charge in [-0.15, -0.1) is 0 Å². The van der Waals surface area contributed by atoms with Crippen LogP contribution in [0.25, 0.3) is 0 Å². The second-order valence-corrected chi connectivity index (χ2v) is 6.29. The van der Waals surface area contributed by atoms with Gasteiger partial charge in [0.25, 0.3) is 0 Å². The minimum Gasteiger partial charge on any atom is -0.497 e. The van der Waals surface area contributed by atoms with Crippen LogP contribution in [-0.2, 0) is 16.1 Å². The number of rotatable bonds is 5. The van der Waals surface area contributed by atoms with Gasteiger partial charge in [-0.1, -0.05) is 42.5 Å². The number of carboxylic acids is 1. The summed E-state index contributed by atoms with van der Waals surface area (Å²) < 4.78 is 5.14. The van der Waals surface area contributed by atoms with Gasteiger partial charge in [0.1, 0.15) is 5.75 Å². The second-order valence-electron chi connectivity index (χ2n) is 6.29. The number of nitrogens with zero attached hydrogens (tertiary/aromatic N) is 1. The molecular weight excluding hydrogens is 318 g/mol. The van der Waals surface area contributed by atoms with Gasteiger partial charge in [0, 0.05) is 25.4 Å². The van der Waals surface area contributed by atoms with E-state index in [0.717, 1.165) is 11.1 Å². The molecule has 130 valence electrons. The van der Waals surface area contributed by atoms with Gasteiger partial charge in [0.05, 0.1) is 13.0 Å². The predicted octanol–water partition coefficient (Wildman–Crippen LogP) is 2.91. The van der Waals surface area contributed by atoms with Crippen LogP contribution >= 0.6 is 0 Å². The van der Waals surface area contributed by atoms with E-state index in [1.165, 1.54) is 0 Å². The number of hydrogen-bond donors (Lipinski definition) is 1. The lowest BCUT2D eigenvalue weighted by Gasteiger charge is -2.36. The van der Waals surface area contributed by atoms with Crippen molar-refractivity contribution in [2.45, 2.75) is 18.9 Å². The van der Waals surface area contributed by atoms with Crippen LogP contribution in [0.4, 0.5) is 0 Å². The fourth-order valence-electron chi connectivity index (χ4n) is 3.33. The number of carbonyl (C=O) groups excluding carboxylic acids is 1. The maximum atomic E-state index is 12.6. The van der Waals surface area contributed by atoms with Crippen LogP contribution in [0.5, 0.6) is 5.75 Å². The van der Waals surface area contributed by atoms with E-state index >= 15 is 0 Å². The molecule has 1 amide bonds. The third-order valence-electron chi connectivity index (χ3n) is 4.73. The number of hydrogen-bond acceptors (Lipinski definition) is 3. The summed E-state index contributed by atoms with van der Waals surface area (Å²) >= 11 is 0. The number of ether oxygens (including phenoxy) is 1. The maximum absolute atomic E-state index is 12.6. The van der Waals surface area contributed by atoms with E-state index in [4.69, 9.17) is 4.74 Å². The Morgan fingerprint density at radius 3 is 2.44 bits per heavy atom. The first-order chi connectivity index (χ1) is 12.1. The van der Waals surface area contributed by atoms with Crippen LogP contribution in [-0.4, -0.2) is 35.5 Å². The molecule has 1 aliphatic heterocycles. The average molecular weight is 339 g/mol. The van der Waals surface area contributed by atoms with Gasteiger partial charge in [-0.05, 0) is 23.3 Å². The number of aliphatic carboxylic acids is 1. The minimum atomic E-state index is -0.869. The number of benzene rings is 2. The molecule has 1 aliphatic rings. The van der Waals surface area contributed by atoms with Crippen molar-refractivity contribution in [3.63, 3.8) is 0 Å². The second kappa shape index (κ2) is 7.38. The Morgan fingerprint density at radius 1 is 1.16 bits per heavy atom. The molecule has 0 aliphatic carbocycles. The fraction of sp³-hybridized carbons (Fsp3) is 0.300. The van der Waals surface area contributed by atoms with E-state index < -0.39 is 11.9 Å². The fourth-order valence-corrected chi connectivity index (χ4v) is 3.33. The summed E-state index contributed by atoms with van der Waals surface area (Å²) in [5.41, 5.74) is 1.86. The Hall–Kier alpha value is -2.82. The zero-order chi connectivity index (χ0) is 17.8. The van der Waals surface area contributed by atoms with Crippen molar-refractivity contribution in [1.29, 1.82) is 0 Å². The molecular formula is C20H21NO4. The summed E-state index contributed by atoms with van der Waals surface area (Å²) in [6, 6.07) is 16.9. The molecule has 2 aromatic rings. The molecule has 1 fully saturated rings. The molecule has 3 rings (SSSR count). The lowest BCUT2D eigenvalue weighted by atomic mass is 9.80. The zero-order valence-corrected chi connectivity index (χ0v) is 14.1. The highest BCUT2D eigenvalue weighted by atomic mass is 16.5. The molecule has 0 bridgehead atoms. The highest BCUT2D eigenvalue weighted by Crippen LogP contribution is 2.35. The third kappa shape index (κ3) is 3.82. The molecule has 25 heavy (non-hydrogen) atoms. The van der Waals surface area contributed by atoms with Crippen LogP contribution in [0, 0.1) is 5.92 Å². The summed E-state index contributed by atoms with van der Waals surface area (Å²) in [5, 5.41) is 9.68. The van der Waals surface area contributed by atoms with Crippen LogP contribution in [0.1, 0.15) is 23.5 Å². The van der Waals surface area contributed by atoms with Gasteiger partial charge >= 0.3 is 5.97 Å². The number of carbonyl (C=O) groups is 2. The van der Waals surface area contributed by atoms with Crippen molar-refractivity contribution >= 4 is 11.9 Å².